The Kier molecular flexibility index (Phi) is 8.16. The van der Waals surface area contributed by atoms with E-state index >= 15 is 0 Å². The van der Waals surface area contributed by atoms with E-state index in [0.29, 0.717) is 26.5 Å². The zero-order chi connectivity index (χ0) is 32.8. The molecule has 2 aromatic carbocycles. The number of hydrogen-bond donors (Lipinski definition) is 2. The molecule has 0 saturated carbocycles. The number of rotatable bonds is 8. The minimum atomic E-state index is -4.82. The van der Waals surface area contributed by atoms with Crippen molar-refractivity contribution in [1.29, 1.82) is 0 Å². The maximum absolute atomic E-state index is 13.7. The van der Waals surface area contributed by atoms with Crippen molar-refractivity contribution in [2.24, 2.45) is 0 Å². The lowest BCUT2D eigenvalue weighted by Gasteiger charge is -2.32. The predicted molar refractivity (Wildman–Crippen MR) is 150 cm³/mol. The molecule has 0 unspecified atom stereocenters. The van der Waals surface area contributed by atoms with E-state index in [0.717, 1.165) is 19.1 Å². The maximum Gasteiger partial charge on any atom is 0.408 e. The number of hydrogen-bond acceptors (Lipinski definition) is 6. The molecule has 0 radical (unpaired) electrons. The summed E-state index contributed by atoms with van der Waals surface area (Å²) in [4.78, 5) is 54.5. The zero-order valence-corrected chi connectivity index (χ0v) is 24.5. The number of nitrogens with one attached hydrogen (secondary N) is 1. The minimum Gasteiger partial charge on any atom is -0.388 e. The first-order chi connectivity index (χ1) is 21.1. The Balaban J connectivity index is 1.38. The Morgan fingerprint density at radius 3 is 2.42 bits per heavy atom. The van der Waals surface area contributed by atoms with Crippen molar-refractivity contribution in [3.63, 3.8) is 0 Å². The molecule has 2 aliphatic rings. The molecule has 238 valence electrons. The number of benzene rings is 2. The van der Waals surface area contributed by atoms with Gasteiger partial charge in [-0.1, -0.05) is 24.3 Å². The number of aliphatic hydroxyl groups is 1. The SMILES string of the molecule is C[C@H](N(Cc1ccc(F)cc1)C(=O)CN1C(=O)N[C@]2(C[C@H](O)c3cc(-c4cnn(CC(=O)N(C)C)c4)ccc32)C1=O)C(F)(F)F. The monoisotopic (exact) mass is 630 g/mol. The Hall–Kier alpha value is -4.79. The molecule has 2 N–H and O–H groups in total. The smallest absolute Gasteiger partial charge is 0.388 e. The van der Waals surface area contributed by atoms with E-state index in [1.807, 2.05) is 0 Å². The lowest BCUT2D eigenvalue weighted by molar-refractivity contribution is -0.187. The van der Waals surface area contributed by atoms with Gasteiger partial charge in [0.2, 0.25) is 11.8 Å². The van der Waals surface area contributed by atoms with E-state index in [9.17, 15) is 41.8 Å². The quantitative estimate of drug-likeness (QED) is 0.291. The molecule has 1 aliphatic heterocycles. The number of alkyl halides is 3. The molecule has 1 spiro atoms. The maximum atomic E-state index is 13.7. The molecule has 1 saturated heterocycles. The topological polar surface area (TPSA) is 128 Å². The summed E-state index contributed by atoms with van der Waals surface area (Å²) >= 11 is 0. The van der Waals surface area contributed by atoms with Gasteiger partial charge in [0.15, 0.2) is 0 Å². The fraction of sp³-hybridized carbons (Fsp3) is 0.367. The number of aliphatic hydroxyl groups excluding tert-OH is 1. The van der Waals surface area contributed by atoms with Crippen molar-refractivity contribution in [1.82, 2.24) is 29.8 Å². The number of urea groups is 1. The Bertz CT molecular complexity index is 1660. The number of likely N-dealkylation sites (N-methyl/N-ethyl adjacent to an activating group) is 1. The van der Waals surface area contributed by atoms with E-state index in [1.54, 1.807) is 38.5 Å². The number of imide groups is 1. The molecule has 15 heteroatoms. The largest absolute Gasteiger partial charge is 0.408 e. The van der Waals surface area contributed by atoms with Crippen molar-refractivity contribution in [2.75, 3.05) is 20.6 Å². The van der Waals surface area contributed by atoms with Gasteiger partial charge in [-0.15, -0.1) is 0 Å². The van der Waals surface area contributed by atoms with Gasteiger partial charge in [0, 0.05) is 38.8 Å². The summed E-state index contributed by atoms with van der Waals surface area (Å²) in [7, 11) is 3.25. The third-order valence-electron chi connectivity index (χ3n) is 8.13. The molecule has 5 amide bonds. The van der Waals surface area contributed by atoms with Crippen LogP contribution in [0.4, 0.5) is 22.4 Å². The van der Waals surface area contributed by atoms with Crippen LogP contribution in [0, 0.1) is 5.82 Å². The van der Waals surface area contributed by atoms with Gasteiger partial charge in [-0.2, -0.15) is 18.3 Å². The van der Waals surface area contributed by atoms with Gasteiger partial charge >= 0.3 is 12.2 Å². The number of fused-ring (bicyclic) bond motifs is 2. The highest BCUT2D eigenvalue weighted by molar-refractivity contribution is 6.10. The average molecular weight is 631 g/mol. The summed E-state index contributed by atoms with van der Waals surface area (Å²) < 4.78 is 56.0. The van der Waals surface area contributed by atoms with Crippen molar-refractivity contribution in [3.8, 4) is 11.1 Å². The van der Waals surface area contributed by atoms with E-state index in [1.165, 1.54) is 27.9 Å². The molecule has 0 bridgehead atoms. The van der Waals surface area contributed by atoms with Crippen LogP contribution in [0.1, 0.15) is 36.1 Å². The highest BCUT2D eigenvalue weighted by atomic mass is 19.4. The second kappa shape index (κ2) is 11.6. The van der Waals surface area contributed by atoms with Crippen LogP contribution in [0.3, 0.4) is 0 Å². The number of carbonyl (C=O) groups excluding carboxylic acids is 4. The molecule has 45 heavy (non-hydrogen) atoms. The van der Waals surface area contributed by atoms with Crippen LogP contribution in [0.15, 0.2) is 54.9 Å². The lowest BCUT2D eigenvalue weighted by Crippen LogP contribution is -2.51. The van der Waals surface area contributed by atoms with Crippen LogP contribution in [0.25, 0.3) is 11.1 Å². The van der Waals surface area contributed by atoms with E-state index < -0.39 is 60.6 Å². The summed E-state index contributed by atoms with van der Waals surface area (Å²) in [6.45, 7) is -0.733. The number of aromatic nitrogens is 2. The van der Waals surface area contributed by atoms with Gasteiger partial charge < -0.3 is 20.2 Å². The van der Waals surface area contributed by atoms with Crippen molar-refractivity contribution >= 4 is 23.8 Å². The molecule has 1 aliphatic carbocycles. The molecule has 1 fully saturated rings. The standard InChI is InChI=1S/C30H30F4N6O5/c1-17(30(32,33)34)39(13-18-4-7-21(31)8-5-18)26(43)16-40-27(44)29(36-28(40)45)11-24(41)22-10-19(6-9-23(22)29)20-12-35-38(14-20)15-25(42)37(2)3/h4-10,12,14,17,24,41H,11,13,15-16H2,1-3H3,(H,36,45)/t17-,24-,29-/m0/s1. The highest BCUT2D eigenvalue weighted by Crippen LogP contribution is 2.47. The average Bonchev–Trinajstić information content (AvgIpc) is 3.62. The summed E-state index contributed by atoms with van der Waals surface area (Å²) in [6.07, 6.45) is -3.08. The molecule has 2 heterocycles. The number of amides is 5. The van der Waals surface area contributed by atoms with E-state index in [2.05, 4.69) is 10.4 Å². The normalized spacial score (nSPS) is 19.9. The van der Waals surface area contributed by atoms with Crippen molar-refractivity contribution in [2.45, 2.75) is 50.3 Å². The summed E-state index contributed by atoms with van der Waals surface area (Å²) in [5, 5.41) is 17.7. The Morgan fingerprint density at radius 1 is 1.09 bits per heavy atom. The molecule has 3 atom stereocenters. The van der Waals surface area contributed by atoms with Crippen LogP contribution in [0.2, 0.25) is 0 Å². The first-order valence-corrected chi connectivity index (χ1v) is 13.9. The summed E-state index contributed by atoms with van der Waals surface area (Å²) in [6, 6.07) is 6.13. The van der Waals surface area contributed by atoms with Crippen LogP contribution in [0.5, 0.6) is 0 Å². The van der Waals surface area contributed by atoms with E-state index in [-0.39, 0.29) is 30.0 Å². The first kappa shape index (κ1) is 31.6. The van der Waals surface area contributed by atoms with Crippen molar-refractivity contribution < 1.29 is 41.8 Å². The molecular weight excluding hydrogens is 600 g/mol. The van der Waals surface area contributed by atoms with Gasteiger partial charge in [-0.05, 0) is 47.4 Å². The second-order valence-corrected chi connectivity index (χ2v) is 11.3. The van der Waals surface area contributed by atoms with Crippen LogP contribution in [-0.4, -0.2) is 86.2 Å². The first-order valence-electron chi connectivity index (χ1n) is 13.9. The predicted octanol–water partition coefficient (Wildman–Crippen LogP) is 2.94. The van der Waals surface area contributed by atoms with Crippen LogP contribution >= 0.6 is 0 Å². The van der Waals surface area contributed by atoms with Gasteiger partial charge in [-0.3, -0.25) is 24.0 Å². The molecule has 3 aromatic rings. The summed E-state index contributed by atoms with van der Waals surface area (Å²) in [5.41, 5.74) is 0.364. The highest BCUT2D eigenvalue weighted by Gasteiger charge is 2.58. The van der Waals surface area contributed by atoms with Gasteiger partial charge in [0.05, 0.1) is 12.3 Å². The zero-order valence-electron chi connectivity index (χ0n) is 24.5. The summed E-state index contributed by atoms with van der Waals surface area (Å²) in [5.74, 6) is -2.81. The fourth-order valence-electron chi connectivity index (χ4n) is 5.52. The third kappa shape index (κ3) is 5.99. The number of nitrogens with zero attached hydrogens (tertiary/aromatic N) is 5. The van der Waals surface area contributed by atoms with E-state index in [4.69, 9.17) is 0 Å². The van der Waals surface area contributed by atoms with Crippen LogP contribution in [-0.2, 0) is 33.0 Å². The third-order valence-corrected chi connectivity index (χ3v) is 8.13. The molecule has 5 rings (SSSR count). The number of carbonyl (C=O) groups is 4. The molecule has 11 nitrogen and oxygen atoms in total. The molecule has 1 aromatic heterocycles. The second-order valence-electron chi connectivity index (χ2n) is 11.3. The lowest BCUT2D eigenvalue weighted by atomic mass is 9.90. The van der Waals surface area contributed by atoms with Crippen LogP contribution < -0.4 is 5.32 Å². The van der Waals surface area contributed by atoms with Gasteiger partial charge in [0.1, 0.15) is 30.5 Å². The fourth-order valence-corrected chi connectivity index (χ4v) is 5.52. The molecular formula is C30H30F4N6O5. The van der Waals surface area contributed by atoms with Crippen molar-refractivity contribution in [3.05, 3.63) is 77.4 Å². The Labute approximate surface area is 255 Å². The number of halogens is 4. The van der Waals surface area contributed by atoms with Gasteiger partial charge in [-0.25, -0.2) is 9.18 Å². The van der Waals surface area contributed by atoms with Gasteiger partial charge in [0.25, 0.3) is 5.91 Å². The minimum absolute atomic E-state index is 0.0157. The Morgan fingerprint density at radius 2 is 1.78 bits per heavy atom.